The van der Waals surface area contributed by atoms with Gasteiger partial charge in [-0.3, -0.25) is 14.4 Å². The average Bonchev–Trinajstić information content (AvgIpc) is 3.49. The third-order valence-electron chi connectivity index (χ3n) is 13.4. The predicted octanol–water partition coefficient (Wildman–Crippen LogP) is 23.2. The highest BCUT2D eigenvalue weighted by atomic mass is 16.6. The normalized spacial score (nSPS) is 13.3. The minimum Gasteiger partial charge on any atom is -0.462 e. The van der Waals surface area contributed by atoms with Crippen LogP contribution in [0.5, 0.6) is 0 Å². The van der Waals surface area contributed by atoms with E-state index in [1.807, 2.05) is 0 Å². The summed E-state index contributed by atoms with van der Waals surface area (Å²) in [5, 5.41) is 0. The molecule has 0 aliphatic carbocycles. The summed E-state index contributed by atoms with van der Waals surface area (Å²) in [4.78, 5) is 38.0. The molecule has 0 heterocycles. The summed E-state index contributed by atoms with van der Waals surface area (Å²) in [6, 6.07) is 0. The van der Waals surface area contributed by atoms with E-state index >= 15 is 0 Å². The highest BCUT2D eigenvalue weighted by Crippen LogP contribution is 2.14. The largest absolute Gasteiger partial charge is 0.462 e. The molecule has 0 aromatic rings. The van der Waals surface area contributed by atoms with E-state index in [9.17, 15) is 14.4 Å². The monoisotopic (exact) mass is 1140 g/mol. The molecule has 0 rings (SSSR count). The summed E-state index contributed by atoms with van der Waals surface area (Å²) in [7, 11) is 0. The number of carbonyl (C=O) groups excluding carboxylic acids is 3. The van der Waals surface area contributed by atoms with Crippen molar-refractivity contribution < 1.29 is 28.6 Å². The molecule has 1 atom stereocenters. The quantitative estimate of drug-likeness (QED) is 0.0261. The Morgan fingerprint density at radius 3 is 0.747 bits per heavy atom. The minimum absolute atomic E-state index is 0.0986. The van der Waals surface area contributed by atoms with Gasteiger partial charge in [0.25, 0.3) is 0 Å². The number of allylic oxidation sites excluding steroid dienone is 30. The van der Waals surface area contributed by atoms with Gasteiger partial charge < -0.3 is 14.2 Å². The summed E-state index contributed by atoms with van der Waals surface area (Å²) in [6.45, 7) is 6.29. The molecule has 0 saturated heterocycles. The fourth-order valence-electron chi connectivity index (χ4n) is 8.50. The Hall–Kier alpha value is -5.49. The van der Waals surface area contributed by atoms with Crippen LogP contribution in [-0.2, 0) is 28.6 Å². The van der Waals surface area contributed by atoms with Crippen molar-refractivity contribution in [2.24, 2.45) is 0 Å². The second-order valence-electron chi connectivity index (χ2n) is 21.3. The first-order valence-corrected chi connectivity index (χ1v) is 33.3. The maximum absolute atomic E-state index is 12.9. The molecule has 1 unspecified atom stereocenters. The lowest BCUT2D eigenvalue weighted by atomic mass is 10.0. The number of esters is 3. The molecule has 0 N–H and O–H groups in total. The zero-order valence-corrected chi connectivity index (χ0v) is 53.1. The molecule has 0 spiro atoms. The Morgan fingerprint density at radius 2 is 0.470 bits per heavy atom. The highest BCUT2D eigenvalue weighted by molar-refractivity contribution is 5.71. The Labute approximate surface area is 510 Å². The van der Waals surface area contributed by atoms with Crippen LogP contribution >= 0.6 is 0 Å². The summed E-state index contributed by atoms with van der Waals surface area (Å²) < 4.78 is 16.7. The van der Waals surface area contributed by atoms with Gasteiger partial charge in [0.1, 0.15) is 13.2 Å². The van der Waals surface area contributed by atoms with E-state index in [2.05, 4.69) is 203 Å². The van der Waals surface area contributed by atoms with Gasteiger partial charge in [-0.2, -0.15) is 0 Å². The summed E-state index contributed by atoms with van der Waals surface area (Å²) in [6.07, 6.45) is 104. The lowest BCUT2D eigenvalue weighted by molar-refractivity contribution is -0.167. The van der Waals surface area contributed by atoms with E-state index in [0.29, 0.717) is 19.3 Å². The van der Waals surface area contributed by atoms with Gasteiger partial charge in [0, 0.05) is 19.3 Å². The Kier molecular flexibility index (Phi) is 64.4. The van der Waals surface area contributed by atoms with Crippen LogP contribution in [0.3, 0.4) is 0 Å². The zero-order valence-electron chi connectivity index (χ0n) is 53.1. The predicted molar refractivity (Wildman–Crippen MR) is 361 cm³/mol. The maximum Gasteiger partial charge on any atom is 0.306 e. The van der Waals surface area contributed by atoms with Crippen molar-refractivity contribution in [1.82, 2.24) is 0 Å². The molecule has 0 bridgehead atoms. The first-order valence-electron chi connectivity index (χ1n) is 33.3. The van der Waals surface area contributed by atoms with Crippen molar-refractivity contribution in [2.45, 2.75) is 271 Å². The molecule has 6 heteroatoms. The molecular weight excluding hydrogens is 1020 g/mol. The number of unbranched alkanes of at least 4 members (excludes halogenated alkanes) is 17. The Bertz CT molecular complexity index is 1940. The number of carbonyl (C=O) groups is 3. The van der Waals surface area contributed by atoms with Crippen molar-refractivity contribution in [3.8, 4) is 0 Å². The van der Waals surface area contributed by atoms with Crippen LogP contribution in [0.4, 0.5) is 0 Å². The summed E-state index contributed by atoms with van der Waals surface area (Å²) in [5.41, 5.74) is 0. The third kappa shape index (κ3) is 67.2. The van der Waals surface area contributed by atoms with Crippen LogP contribution in [0.25, 0.3) is 0 Å². The van der Waals surface area contributed by atoms with E-state index in [1.54, 1.807) is 0 Å². The number of hydrogen-bond donors (Lipinski definition) is 0. The number of rotatable bonds is 58. The van der Waals surface area contributed by atoms with Crippen molar-refractivity contribution in [3.05, 3.63) is 182 Å². The van der Waals surface area contributed by atoms with Crippen molar-refractivity contribution in [2.75, 3.05) is 13.2 Å². The second-order valence-corrected chi connectivity index (χ2v) is 21.3. The lowest BCUT2D eigenvalue weighted by Gasteiger charge is -2.18. The molecule has 0 radical (unpaired) electrons. The van der Waals surface area contributed by atoms with Gasteiger partial charge in [-0.1, -0.05) is 287 Å². The van der Waals surface area contributed by atoms with E-state index in [-0.39, 0.29) is 31.1 Å². The van der Waals surface area contributed by atoms with Gasteiger partial charge in [-0.25, -0.2) is 0 Å². The van der Waals surface area contributed by atoms with E-state index in [4.69, 9.17) is 14.2 Å². The molecule has 0 aliphatic rings. The lowest BCUT2D eigenvalue weighted by Crippen LogP contribution is -2.30. The van der Waals surface area contributed by atoms with Gasteiger partial charge in [0.05, 0.1) is 0 Å². The third-order valence-corrected chi connectivity index (χ3v) is 13.4. The molecule has 0 amide bonds. The van der Waals surface area contributed by atoms with Crippen molar-refractivity contribution in [3.63, 3.8) is 0 Å². The first kappa shape index (κ1) is 77.5. The number of ether oxygens (including phenoxy) is 3. The highest BCUT2D eigenvalue weighted by Gasteiger charge is 2.19. The average molecular weight is 1140 g/mol. The van der Waals surface area contributed by atoms with E-state index in [0.717, 1.165) is 180 Å². The molecule has 0 aromatic carbocycles. The molecule has 83 heavy (non-hydrogen) atoms. The molecule has 464 valence electrons. The topological polar surface area (TPSA) is 78.9 Å². The molecular formula is C77H120O6. The van der Waals surface area contributed by atoms with E-state index < -0.39 is 6.10 Å². The summed E-state index contributed by atoms with van der Waals surface area (Å²) in [5.74, 6) is -0.958. The maximum atomic E-state index is 12.9. The van der Waals surface area contributed by atoms with Gasteiger partial charge in [-0.15, -0.1) is 0 Å². The molecule has 0 fully saturated rings. The second kappa shape index (κ2) is 69.0. The summed E-state index contributed by atoms with van der Waals surface area (Å²) >= 11 is 0. The Balaban J connectivity index is 4.17. The molecule has 0 saturated carbocycles. The molecule has 6 nitrogen and oxygen atoms in total. The van der Waals surface area contributed by atoms with Crippen LogP contribution in [0, 0.1) is 0 Å². The van der Waals surface area contributed by atoms with Crippen LogP contribution in [0.1, 0.15) is 265 Å². The van der Waals surface area contributed by atoms with Gasteiger partial charge in [0.2, 0.25) is 0 Å². The van der Waals surface area contributed by atoms with Crippen LogP contribution in [-0.4, -0.2) is 37.2 Å². The molecule has 0 aliphatic heterocycles. The minimum atomic E-state index is -0.801. The first-order chi connectivity index (χ1) is 41.0. The Morgan fingerprint density at radius 1 is 0.253 bits per heavy atom. The van der Waals surface area contributed by atoms with Gasteiger partial charge >= 0.3 is 17.9 Å². The standard InChI is InChI=1S/C77H120O6/c1-4-7-10-13-15-17-19-21-23-25-27-29-31-33-35-37-38-40-41-43-45-47-49-51-53-55-57-59-61-64-67-70-76(79)82-73-74(72-81-75(78)69-66-63-12-9-6-3)83-77(80)71-68-65-62-60-58-56-54-52-50-48-46-44-42-39-36-34-32-30-28-26-24-22-20-18-16-14-11-8-5-2/h7-8,10-11,15-18,21-24,27-30,33-36,38,40,42-45,49,51,55,57,74H,4-6,9,12-14,19-20,25-26,31-32,37,39,41,46-48,50,52-54,56,58-73H2,1-3H3/b10-7-,11-8-,17-15-,18-16-,23-21-,24-22-,29-27-,30-28-,35-33-,36-34-,40-38-,44-42-,45-43-,51-49-,57-55-. The zero-order chi connectivity index (χ0) is 59.9. The van der Waals surface area contributed by atoms with Gasteiger partial charge in [-0.05, 0) is 141 Å². The van der Waals surface area contributed by atoms with Crippen molar-refractivity contribution >= 4 is 17.9 Å². The fraction of sp³-hybridized carbons (Fsp3) is 0.571. The number of hydrogen-bond acceptors (Lipinski definition) is 6. The van der Waals surface area contributed by atoms with Crippen molar-refractivity contribution in [1.29, 1.82) is 0 Å². The van der Waals surface area contributed by atoms with Crippen LogP contribution in [0.2, 0.25) is 0 Å². The fourth-order valence-corrected chi connectivity index (χ4v) is 8.50. The van der Waals surface area contributed by atoms with E-state index in [1.165, 1.54) is 44.9 Å². The van der Waals surface area contributed by atoms with Crippen LogP contribution < -0.4 is 0 Å². The SMILES string of the molecule is CC/C=C\C/C=C\C/C=C\C/C=C\C/C=C\C/C=C\C/C=C\C/C=C\C/C=C\CCCCCC(=O)OCC(COC(=O)CCCCCCC)OC(=O)CCCCCCCCCCCC/C=C\C/C=C\C/C=C\C/C=C\C/C=C\C/C=C\CC. The van der Waals surface area contributed by atoms with Crippen LogP contribution in [0.15, 0.2) is 182 Å². The molecule has 0 aromatic heterocycles. The van der Waals surface area contributed by atoms with Gasteiger partial charge in [0.15, 0.2) is 6.10 Å². The smallest absolute Gasteiger partial charge is 0.306 e.